The summed E-state index contributed by atoms with van der Waals surface area (Å²) in [6.07, 6.45) is 4.95. The number of carbonyl (C=O) groups excluding carboxylic acids is 2. The molecule has 17 heavy (non-hydrogen) atoms. The lowest BCUT2D eigenvalue weighted by molar-refractivity contribution is -0.135. The van der Waals surface area contributed by atoms with Gasteiger partial charge in [-0.3, -0.25) is 14.5 Å². The van der Waals surface area contributed by atoms with Gasteiger partial charge in [0.2, 0.25) is 0 Å². The molecule has 0 fully saturated rings. The van der Waals surface area contributed by atoms with Gasteiger partial charge in [-0.1, -0.05) is 43.7 Å². The van der Waals surface area contributed by atoms with Crippen LogP contribution in [0.2, 0.25) is 0 Å². The zero-order valence-corrected chi connectivity index (χ0v) is 10.2. The van der Waals surface area contributed by atoms with Crippen molar-refractivity contribution in [3.05, 3.63) is 48.0 Å². The number of hydrogen-bond acceptors (Lipinski definition) is 2. The first-order chi connectivity index (χ1) is 8.15. The van der Waals surface area contributed by atoms with Gasteiger partial charge < -0.3 is 0 Å². The predicted molar refractivity (Wildman–Crippen MR) is 67.4 cm³/mol. The second-order valence-corrected chi connectivity index (χ2v) is 3.80. The lowest BCUT2D eigenvalue weighted by Gasteiger charge is -2.01. The van der Waals surface area contributed by atoms with E-state index < -0.39 is 0 Å². The molecule has 0 radical (unpaired) electrons. The number of nitrogens with zero attached hydrogens (tertiary/aromatic N) is 1. The van der Waals surface area contributed by atoms with Crippen LogP contribution in [0.15, 0.2) is 42.5 Å². The SMILES string of the molecule is CCCc1ccccc1.CN1C(=O)C=CC1=O. The third-order valence-electron chi connectivity index (χ3n) is 2.41. The van der Waals surface area contributed by atoms with Crippen molar-refractivity contribution in [3.63, 3.8) is 0 Å². The molecule has 1 aliphatic rings. The zero-order chi connectivity index (χ0) is 12.7. The largest absolute Gasteiger partial charge is 0.279 e. The summed E-state index contributed by atoms with van der Waals surface area (Å²) in [6.45, 7) is 2.20. The van der Waals surface area contributed by atoms with E-state index in [1.165, 1.54) is 37.6 Å². The molecular weight excluding hydrogens is 214 g/mol. The van der Waals surface area contributed by atoms with E-state index in [9.17, 15) is 9.59 Å². The normalized spacial score (nSPS) is 13.6. The predicted octanol–water partition coefficient (Wildman–Crippen LogP) is 2.18. The molecule has 1 aromatic carbocycles. The molecule has 3 nitrogen and oxygen atoms in total. The van der Waals surface area contributed by atoms with Gasteiger partial charge in [0.15, 0.2) is 0 Å². The van der Waals surface area contributed by atoms with Crippen LogP contribution >= 0.6 is 0 Å². The van der Waals surface area contributed by atoms with E-state index >= 15 is 0 Å². The number of aryl methyl sites for hydroxylation is 1. The molecule has 1 heterocycles. The molecule has 0 atom stereocenters. The third kappa shape index (κ3) is 4.23. The second kappa shape index (κ2) is 6.63. The van der Waals surface area contributed by atoms with E-state index in [0.717, 1.165) is 4.90 Å². The number of amides is 2. The summed E-state index contributed by atoms with van der Waals surface area (Å²) in [5.41, 5.74) is 1.44. The standard InChI is InChI=1S/C9H12.C5H5NO2/c1-2-6-9-7-4-3-5-8-9;1-6-4(7)2-3-5(6)8/h3-5,7-8H,2,6H2,1H3;2-3H,1H3. The summed E-state index contributed by atoms with van der Waals surface area (Å²) < 4.78 is 0. The van der Waals surface area contributed by atoms with Crippen LogP contribution in [-0.2, 0) is 16.0 Å². The highest BCUT2D eigenvalue weighted by Gasteiger charge is 2.17. The molecule has 1 aromatic rings. The molecule has 2 amide bonds. The van der Waals surface area contributed by atoms with Crippen molar-refractivity contribution in [3.8, 4) is 0 Å². The first-order valence-corrected chi connectivity index (χ1v) is 5.68. The molecule has 0 spiro atoms. The average molecular weight is 231 g/mol. The molecule has 0 aromatic heterocycles. The maximum Gasteiger partial charge on any atom is 0.253 e. The van der Waals surface area contributed by atoms with E-state index in [4.69, 9.17) is 0 Å². The van der Waals surface area contributed by atoms with Gasteiger partial charge >= 0.3 is 0 Å². The minimum atomic E-state index is -0.241. The maximum atomic E-state index is 10.4. The minimum Gasteiger partial charge on any atom is -0.279 e. The highest BCUT2D eigenvalue weighted by molar-refractivity contribution is 6.12. The fourth-order valence-electron chi connectivity index (χ4n) is 1.41. The van der Waals surface area contributed by atoms with E-state index in [2.05, 4.69) is 37.3 Å². The summed E-state index contributed by atoms with van der Waals surface area (Å²) in [7, 11) is 1.45. The van der Waals surface area contributed by atoms with E-state index in [-0.39, 0.29) is 11.8 Å². The number of carbonyl (C=O) groups is 2. The number of hydrogen-bond donors (Lipinski definition) is 0. The van der Waals surface area contributed by atoms with Gasteiger partial charge in [-0.2, -0.15) is 0 Å². The quantitative estimate of drug-likeness (QED) is 0.732. The lowest BCUT2D eigenvalue weighted by atomic mass is 10.1. The van der Waals surface area contributed by atoms with Gasteiger partial charge in [0.25, 0.3) is 11.8 Å². The summed E-state index contributed by atoms with van der Waals surface area (Å²) in [5, 5.41) is 0. The maximum absolute atomic E-state index is 10.4. The summed E-state index contributed by atoms with van der Waals surface area (Å²) >= 11 is 0. The van der Waals surface area contributed by atoms with Gasteiger partial charge in [-0.05, 0) is 12.0 Å². The molecule has 1 aliphatic heterocycles. The van der Waals surface area contributed by atoms with Crippen molar-refractivity contribution in [2.75, 3.05) is 7.05 Å². The summed E-state index contributed by atoms with van der Waals surface area (Å²) in [5.74, 6) is -0.481. The Morgan fingerprint density at radius 2 is 1.53 bits per heavy atom. The Morgan fingerprint density at radius 1 is 1.00 bits per heavy atom. The van der Waals surface area contributed by atoms with Crippen LogP contribution in [0.4, 0.5) is 0 Å². The second-order valence-electron chi connectivity index (χ2n) is 3.80. The van der Waals surface area contributed by atoms with Crippen LogP contribution in [0.3, 0.4) is 0 Å². The van der Waals surface area contributed by atoms with E-state index in [1.54, 1.807) is 0 Å². The molecule has 0 bridgehead atoms. The highest BCUT2D eigenvalue weighted by atomic mass is 16.2. The van der Waals surface area contributed by atoms with E-state index in [1.807, 2.05) is 0 Å². The van der Waals surface area contributed by atoms with Crippen molar-refractivity contribution in [2.24, 2.45) is 0 Å². The molecule has 0 aliphatic carbocycles. The molecule has 3 heteroatoms. The van der Waals surface area contributed by atoms with Crippen molar-refractivity contribution < 1.29 is 9.59 Å². The van der Waals surface area contributed by atoms with Crippen LogP contribution in [0.25, 0.3) is 0 Å². The van der Waals surface area contributed by atoms with Crippen LogP contribution in [0.5, 0.6) is 0 Å². The van der Waals surface area contributed by atoms with Gasteiger partial charge in [0.1, 0.15) is 0 Å². The van der Waals surface area contributed by atoms with Crippen molar-refractivity contribution in [2.45, 2.75) is 19.8 Å². The van der Waals surface area contributed by atoms with Gasteiger partial charge in [0, 0.05) is 19.2 Å². The number of rotatable bonds is 2. The Labute approximate surface area is 102 Å². The van der Waals surface area contributed by atoms with Crippen LogP contribution < -0.4 is 0 Å². The summed E-state index contributed by atoms with van der Waals surface area (Å²) in [6, 6.07) is 10.6. The fraction of sp³-hybridized carbons (Fsp3) is 0.286. The molecule has 0 saturated carbocycles. The van der Waals surface area contributed by atoms with Crippen LogP contribution in [0, 0.1) is 0 Å². The van der Waals surface area contributed by atoms with Gasteiger partial charge in [-0.15, -0.1) is 0 Å². The number of imide groups is 1. The fourth-order valence-corrected chi connectivity index (χ4v) is 1.41. The Kier molecular flexibility index (Phi) is 5.14. The highest BCUT2D eigenvalue weighted by Crippen LogP contribution is 2.00. The number of benzene rings is 1. The van der Waals surface area contributed by atoms with Gasteiger partial charge in [0.05, 0.1) is 0 Å². The third-order valence-corrected chi connectivity index (χ3v) is 2.41. The van der Waals surface area contributed by atoms with Crippen LogP contribution in [-0.4, -0.2) is 23.8 Å². The smallest absolute Gasteiger partial charge is 0.253 e. The van der Waals surface area contributed by atoms with Crippen molar-refractivity contribution in [1.29, 1.82) is 0 Å². The Bertz CT molecular complexity index is 391. The van der Waals surface area contributed by atoms with E-state index in [0.29, 0.717) is 0 Å². The minimum absolute atomic E-state index is 0.241. The molecule has 90 valence electrons. The molecular formula is C14H17NO2. The number of likely N-dealkylation sites (N-methyl/N-ethyl adjacent to an activating group) is 1. The van der Waals surface area contributed by atoms with Crippen molar-refractivity contribution in [1.82, 2.24) is 4.90 Å². The Morgan fingerprint density at radius 3 is 1.88 bits per heavy atom. The zero-order valence-electron chi connectivity index (χ0n) is 10.2. The molecule has 2 rings (SSSR count). The monoisotopic (exact) mass is 231 g/mol. The van der Waals surface area contributed by atoms with Crippen molar-refractivity contribution >= 4 is 11.8 Å². The molecule has 0 N–H and O–H groups in total. The average Bonchev–Trinajstić information content (AvgIpc) is 2.63. The molecule has 0 saturated heterocycles. The lowest BCUT2D eigenvalue weighted by Crippen LogP contribution is -2.24. The first kappa shape index (κ1) is 13.2. The van der Waals surface area contributed by atoms with Gasteiger partial charge in [-0.25, -0.2) is 0 Å². The molecule has 0 unspecified atom stereocenters. The topological polar surface area (TPSA) is 37.4 Å². The Balaban J connectivity index is 0.000000171. The Hall–Kier alpha value is -1.90. The summed E-state index contributed by atoms with van der Waals surface area (Å²) in [4.78, 5) is 21.9. The first-order valence-electron chi connectivity index (χ1n) is 5.68. The van der Waals surface area contributed by atoms with Crippen LogP contribution in [0.1, 0.15) is 18.9 Å².